The minimum atomic E-state index is -0.652. The van der Waals surface area contributed by atoms with Crippen LogP contribution in [0.3, 0.4) is 0 Å². The van der Waals surface area contributed by atoms with Gasteiger partial charge in [0.25, 0.3) is 0 Å². The van der Waals surface area contributed by atoms with E-state index in [0.717, 1.165) is 11.2 Å². The van der Waals surface area contributed by atoms with Gasteiger partial charge < -0.3 is 0 Å². The zero-order valence-electron chi connectivity index (χ0n) is 7.98. The first-order chi connectivity index (χ1) is 7.74. The molecule has 0 aliphatic heterocycles. The zero-order valence-corrected chi connectivity index (χ0v) is 8.79. The van der Waals surface area contributed by atoms with E-state index in [1.165, 1.54) is 23.6 Å². The molecule has 0 N–H and O–H groups in total. The maximum absolute atomic E-state index is 13.3. The van der Waals surface area contributed by atoms with E-state index in [1.807, 2.05) is 0 Å². The van der Waals surface area contributed by atoms with Crippen LogP contribution < -0.4 is 0 Å². The Labute approximate surface area is 94.8 Å². The van der Waals surface area contributed by atoms with Gasteiger partial charge in [-0.25, -0.2) is 9.37 Å². The Morgan fingerprint density at radius 3 is 2.88 bits per heavy atom. The molecule has 0 amide bonds. The summed E-state index contributed by atoms with van der Waals surface area (Å²) in [5.74, 6) is -0.652. The van der Waals surface area contributed by atoms with E-state index >= 15 is 0 Å². The summed E-state index contributed by atoms with van der Waals surface area (Å²) in [5, 5.41) is 8.53. The smallest absolute Gasteiger partial charge is 0.176 e. The van der Waals surface area contributed by atoms with Crippen LogP contribution in [-0.4, -0.2) is 11.3 Å². The lowest BCUT2D eigenvalue weighted by Crippen LogP contribution is -1.89. The van der Waals surface area contributed by atoms with Crippen molar-refractivity contribution in [1.82, 2.24) is 4.98 Å². The Kier molecular flexibility index (Phi) is 2.75. The van der Waals surface area contributed by atoms with Crippen molar-refractivity contribution in [2.75, 3.05) is 0 Å². The molecule has 0 bridgehead atoms. The Hall–Kier alpha value is -2.06. The molecule has 0 fully saturated rings. The van der Waals surface area contributed by atoms with Crippen molar-refractivity contribution in [3.8, 4) is 16.5 Å². The fraction of sp³-hybridized carbons (Fsp3) is 0. The lowest BCUT2D eigenvalue weighted by molar-refractivity contribution is 0.112. The first-order valence-corrected chi connectivity index (χ1v) is 5.17. The molecular weight excluding hydrogens is 227 g/mol. The van der Waals surface area contributed by atoms with Gasteiger partial charge in [0, 0.05) is 16.6 Å². The van der Waals surface area contributed by atoms with Crippen molar-refractivity contribution < 1.29 is 9.18 Å². The summed E-state index contributed by atoms with van der Waals surface area (Å²) >= 11 is 1.25. The first kappa shape index (κ1) is 10.5. The van der Waals surface area contributed by atoms with Gasteiger partial charge in [0.05, 0.1) is 4.88 Å². The van der Waals surface area contributed by atoms with Gasteiger partial charge in [0.2, 0.25) is 0 Å². The summed E-state index contributed by atoms with van der Waals surface area (Å²) in [6.45, 7) is 0. The molecule has 0 saturated heterocycles. The molecule has 78 valence electrons. The fourth-order valence-corrected chi connectivity index (χ4v) is 2.03. The van der Waals surface area contributed by atoms with Gasteiger partial charge in [0.1, 0.15) is 6.07 Å². The van der Waals surface area contributed by atoms with Gasteiger partial charge in [-0.05, 0) is 18.2 Å². The van der Waals surface area contributed by atoms with Crippen LogP contribution in [0.25, 0.3) is 10.4 Å². The summed E-state index contributed by atoms with van der Waals surface area (Å²) in [6, 6.07) is 6.27. The maximum atomic E-state index is 13.3. The number of nitrogens with zero attached hydrogens (tertiary/aromatic N) is 2. The topological polar surface area (TPSA) is 53.8 Å². The molecule has 0 unspecified atom stereocenters. The zero-order chi connectivity index (χ0) is 11.5. The third kappa shape index (κ3) is 1.83. The molecule has 0 saturated carbocycles. The molecule has 2 rings (SSSR count). The number of halogens is 1. The Bertz CT molecular complexity index is 586. The summed E-state index contributed by atoms with van der Waals surface area (Å²) in [6.07, 6.45) is 2.16. The summed E-state index contributed by atoms with van der Waals surface area (Å²) < 4.78 is 13.3. The molecule has 0 spiro atoms. The molecule has 0 aromatic carbocycles. The number of thiophene rings is 1. The van der Waals surface area contributed by atoms with E-state index in [4.69, 9.17) is 5.26 Å². The standard InChI is InChI=1S/C11H5FN2OS/c12-9-3-7(5-14-10(9)4-13)11-2-1-8(6-15)16-11/h1-3,5-6H. The number of carbonyl (C=O) groups excluding carboxylic acids is 1. The maximum Gasteiger partial charge on any atom is 0.176 e. The van der Waals surface area contributed by atoms with Crippen LogP contribution in [-0.2, 0) is 0 Å². The second kappa shape index (κ2) is 4.21. The van der Waals surface area contributed by atoms with Crippen LogP contribution in [0.1, 0.15) is 15.4 Å². The predicted octanol–water partition coefficient (Wildman–Crippen LogP) is 2.63. The minimum Gasteiger partial charge on any atom is -0.297 e. The van der Waals surface area contributed by atoms with Crippen LogP contribution >= 0.6 is 11.3 Å². The van der Waals surface area contributed by atoms with E-state index in [0.29, 0.717) is 10.4 Å². The Balaban J connectivity index is 2.45. The number of carbonyl (C=O) groups is 1. The highest BCUT2D eigenvalue weighted by Gasteiger charge is 2.07. The SMILES string of the molecule is N#Cc1ncc(-c2ccc(C=O)s2)cc1F. The van der Waals surface area contributed by atoms with Crippen LogP contribution in [0, 0.1) is 17.1 Å². The quantitative estimate of drug-likeness (QED) is 0.748. The average molecular weight is 232 g/mol. The number of hydrogen-bond donors (Lipinski definition) is 0. The summed E-state index contributed by atoms with van der Waals surface area (Å²) in [4.78, 5) is 15.5. The normalized spacial score (nSPS) is 9.75. The Morgan fingerprint density at radius 2 is 2.31 bits per heavy atom. The van der Waals surface area contributed by atoms with Gasteiger partial charge in [-0.2, -0.15) is 5.26 Å². The second-order valence-corrected chi connectivity index (χ2v) is 4.10. The van der Waals surface area contributed by atoms with Gasteiger partial charge in [0.15, 0.2) is 17.8 Å². The summed E-state index contributed by atoms with van der Waals surface area (Å²) in [7, 11) is 0. The molecule has 5 heteroatoms. The van der Waals surface area contributed by atoms with E-state index in [-0.39, 0.29) is 5.69 Å². The summed E-state index contributed by atoms with van der Waals surface area (Å²) in [5.41, 5.74) is 0.338. The van der Waals surface area contributed by atoms with Crippen molar-refractivity contribution in [2.24, 2.45) is 0 Å². The lowest BCUT2D eigenvalue weighted by Gasteiger charge is -1.97. The number of aromatic nitrogens is 1. The highest BCUT2D eigenvalue weighted by atomic mass is 32.1. The molecule has 0 atom stereocenters. The fourth-order valence-electron chi connectivity index (χ4n) is 1.23. The monoisotopic (exact) mass is 232 g/mol. The third-order valence-electron chi connectivity index (χ3n) is 1.97. The van der Waals surface area contributed by atoms with Crippen LogP contribution in [0.15, 0.2) is 24.4 Å². The molecule has 2 aromatic heterocycles. The largest absolute Gasteiger partial charge is 0.297 e. The van der Waals surface area contributed by atoms with Gasteiger partial charge in [-0.15, -0.1) is 11.3 Å². The van der Waals surface area contributed by atoms with Crippen LogP contribution in [0.4, 0.5) is 4.39 Å². The number of pyridine rings is 1. The number of rotatable bonds is 2. The molecule has 16 heavy (non-hydrogen) atoms. The lowest BCUT2D eigenvalue weighted by atomic mass is 10.2. The first-order valence-electron chi connectivity index (χ1n) is 4.35. The van der Waals surface area contributed by atoms with Gasteiger partial charge in [-0.1, -0.05) is 0 Å². The van der Waals surface area contributed by atoms with Gasteiger partial charge in [-0.3, -0.25) is 4.79 Å². The highest BCUT2D eigenvalue weighted by molar-refractivity contribution is 7.17. The van der Waals surface area contributed by atoms with Crippen molar-refractivity contribution in [1.29, 1.82) is 5.26 Å². The third-order valence-corrected chi connectivity index (χ3v) is 3.03. The van der Waals surface area contributed by atoms with Crippen molar-refractivity contribution in [3.63, 3.8) is 0 Å². The van der Waals surface area contributed by atoms with E-state index in [1.54, 1.807) is 18.2 Å². The molecule has 2 heterocycles. The van der Waals surface area contributed by atoms with Crippen LogP contribution in [0.5, 0.6) is 0 Å². The molecular formula is C11H5FN2OS. The van der Waals surface area contributed by atoms with E-state index < -0.39 is 5.82 Å². The predicted molar refractivity (Wildman–Crippen MR) is 57.6 cm³/mol. The van der Waals surface area contributed by atoms with Crippen molar-refractivity contribution >= 4 is 17.6 Å². The van der Waals surface area contributed by atoms with Gasteiger partial charge >= 0.3 is 0 Å². The van der Waals surface area contributed by atoms with E-state index in [9.17, 15) is 9.18 Å². The average Bonchev–Trinajstić information content (AvgIpc) is 2.77. The minimum absolute atomic E-state index is 0.226. The number of nitriles is 1. The second-order valence-electron chi connectivity index (χ2n) is 2.99. The number of aldehydes is 1. The Morgan fingerprint density at radius 1 is 1.50 bits per heavy atom. The molecule has 3 nitrogen and oxygen atoms in total. The number of hydrogen-bond acceptors (Lipinski definition) is 4. The molecule has 0 radical (unpaired) electrons. The molecule has 0 aliphatic rings. The molecule has 0 aliphatic carbocycles. The highest BCUT2D eigenvalue weighted by Crippen LogP contribution is 2.27. The van der Waals surface area contributed by atoms with Crippen LogP contribution in [0.2, 0.25) is 0 Å². The van der Waals surface area contributed by atoms with Crippen molar-refractivity contribution in [2.45, 2.75) is 0 Å². The molecule has 2 aromatic rings. The van der Waals surface area contributed by atoms with E-state index in [2.05, 4.69) is 4.98 Å². The van der Waals surface area contributed by atoms with Crippen molar-refractivity contribution in [3.05, 3.63) is 40.8 Å².